The number of rotatable bonds is 8. The van der Waals surface area contributed by atoms with E-state index in [9.17, 15) is 27.3 Å². The molecule has 2 aromatic rings. The van der Waals surface area contributed by atoms with Crippen molar-refractivity contribution in [2.24, 2.45) is 4.36 Å². The molecule has 0 radical (unpaired) electrons. The minimum absolute atomic E-state index is 0.0116. The first kappa shape index (κ1) is 25.4. The lowest BCUT2D eigenvalue weighted by atomic mass is 10.2. The van der Waals surface area contributed by atoms with Crippen LogP contribution in [0.15, 0.2) is 51.7 Å². The van der Waals surface area contributed by atoms with E-state index in [1.54, 1.807) is 18.2 Å². The fraction of sp³-hybridized carbons (Fsp3) is 0.381. The Hall–Kier alpha value is -3.19. The zero-order chi connectivity index (χ0) is 24.9. The number of nitrogens with one attached hydrogen (secondary N) is 1. The van der Waals surface area contributed by atoms with Gasteiger partial charge in [-0.25, -0.2) is 18.1 Å². The molecule has 0 spiro atoms. The van der Waals surface area contributed by atoms with Crippen molar-refractivity contribution in [2.45, 2.75) is 30.3 Å². The van der Waals surface area contributed by atoms with Gasteiger partial charge in [0.1, 0.15) is 15.7 Å². The molecule has 1 aliphatic rings. The van der Waals surface area contributed by atoms with Crippen molar-refractivity contribution in [2.75, 3.05) is 27.3 Å². The van der Waals surface area contributed by atoms with Gasteiger partial charge in [0.15, 0.2) is 11.5 Å². The number of benzene rings is 2. The Bertz CT molecular complexity index is 1130. The van der Waals surface area contributed by atoms with Crippen molar-refractivity contribution in [3.63, 3.8) is 0 Å². The molecule has 2 unspecified atom stereocenters. The number of amides is 1. The molecule has 2 N–H and O–H groups in total. The highest BCUT2D eigenvalue weighted by Crippen LogP contribution is 2.29. The number of likely N-dealkylation sites (tertiary alicyclic amines) is 1. The summed E-state index contributed by atoms with van der Waals surface area (Å²) in [7, 11) is -0.380. The van der Waals surface area contributed by atoms with Crippen LogP contribution in [0, 0.1) is 0 Å². The van der Waals surface area contributed by atoms with Crippen LogP contribution in [0.2, 0.25) is 0 Å². The van der Waals surface area contributed by atoms with Gasteiger partial charge in [0.2, 0.25) is 0 Å². The molecule has 1 saturated heterocycles. The third kappa shape index (κ3) is 6.44. The first-order valence-corrected chi connectivity index (χ1v) is 11.6. The first-order chi connectivity index (χ1) is 16.0. The van der Waals surface area contributed by atoms with Crippen molar-refractivity contribution in [1.82, 2.24) is 9.62 Å². The Balaban J connectivity index is 1.92. The van der Waals surface area contributed by atoms with Gasteiger partial charge >= 0.3 is 12.5 Å². The molecule has 0 aromatic heterocycles. The Morgan fingerprint density at radius 3 is 2.41 bits per heavy atom. The van der Waals surface area contributed by atoms with E-state index in [0.717, 1.165) is 12.1 Å². The molecule has 2 atom stereocenters. The number of carbonyl (C=O) groups is 1. The Kier molecular flexibility index (Phi) is 7.77. The topological polar surface area (TPSA) is 110 Å². The predicted molar refractivity (Wildman–Crippen MR) is 116 cm³/mol. The fourth-order valence-electron chi connectivity index (χ4n) is 3.41. The lowest BCUT2D eigenvalue weighted by Gasteiger charge is -2.19. The number of hydrogen-bond donors (Lipinski definition) is 2. The quantitative estimate of drug-likeness (QED) is 0.566. The molecule has 0 saturated carbocycles. The molecule has 1 fully saturated rings. The number of halogens is 3. The Morgan fingerprint density at radius 1 is 1.18 bits per heavy atom. The Morgan fingerprint density at radius 2 is 1.85 bits per heavy atom. The highest BCUT2D eigenvalue weighted by atomic mass is 32.2. The normalized spacial score (nSPS) is 17.7. The monoisotopic (exact) mass is 503 g/mol. The van der Waals surface area contributed by atoms with Gasteiger partial charge in [-0.05, 0) is 48.4 Å². The number of nitrogens with zero attached hydrogens (tertiary/aromatic N) is 2. The smallest absolute Gasteiger partial charge is 0.493 e. The summed E-state index contributed by atoms with van der Waals surface area (Å²) < 4.78 is 73.0. The van der Waals surface area contributed by atoms with Crippen LogP contribution in [0.25, 0.3) is 0 Å². The summed E-state index contributed by atoms with van der Waals surface area (Å²) in [5.74, 6) is 0.497. The van der Waals surface area contributed by atoms with E-state index in [1.807, 2.05) is 0 Å². The van der Waals surface area contributed by atoms with Crippen LogP contribution < -0.4 is 18.9 Å². The third-order valence-electron chi connectivity index (χ3n) is 5.04. The predicted octanol–water partition coefficient (Wildman–Crippen LogP) is 3.89. The lowest BCUT2D eigenvalue weighted by Crippen LogP contribution is -2.38. The van der Waals surface area contributed by atoms with Crippen LogP contribution in [0.5, 0.6) is 17.2 Å². The average molecular weight is 503 g/mol. The van der Waals surface area contributed by atoms with Crippen LogP contribution in [-0.2, 0) is 16.5 Å². The van der Waals surface area contributed by atoms with E-state index in [4.69, 9.17) is 9.47 Å². The second-order valence-electron chi connectivity index (χ2n) is 7.35. The third-order valence-corrected chi connectivity index (χ3v) is 7.10. The molecule has 1 heterocycles. The maximum Gasteiger partial charge on any atom is 0.573 e. The second-order valence-corrected chi connectivity index (χ2v) is 9.37. The van der Waals surface area contributed by atoms with Crippen LogP contribution in [0.3, 0.4) is 0 Å². The van der Waals surface area contributed by atoms with Crippen molar-refractivity contribution in [3.05, 3.63) is 48.0 Å². The van der Waals surface area contributed by atoms with Crippen molar-refractivity contribution in [3.8, 4) is 17.2 Å². The van der Waals surface area contributed by atoms with Crippen molar-refractivity contribution < 1.29 is 41.5 Å². The molecular formula is C21H24F3N3O6S. The zero-order valence-electron chi connectivity index (χ0n) is 18.4. The average Bonchev–Trinajstić information content (AvgIpc) is 3.25. The summed E-state index contributed by atoms with van der Waals surface area (Å²) in [5, 5.41) is 9.19. The summed E-state index contributed by atoms with van der Waals surface area (Å²) in [6.45, 7) is 0.354. The maximum absolute atomic E-state index is 13.9. The molecule has 186 valence electrons. The molecule has 9 nitrogen and oxygen atoms in total. The van der Waals surface area contributed by atoms with Gasteiger partial charge in [-0.15, -0.1) is 13.2 Å². The molecule has 0 aliphatic carbocycles. The van der Waals surface area contributed by atoms with Gasteiger partial charge in [-0.1, -0.05) is 6.07 Å². The van der Waals surface area contributed by atoms with E-state index in [0.29, 0.717) is 23.5 Å². The maximum atomic E-state index is 13.9. The summed E-state index contributed by atoms with van der Waals surface area (Å²) in [6.07, 6.45) is -5.54. The van der Waals surface area contributed by atoms with E-state index < -0.39 is 34.2 Å². The molecule has 1 aliphatic heterocycles. The van der Waals surface area contributed by atoms with Crippen LogP contribution >= 0.6 is 0 Å². The highest BCUT2D eigenvalue weighted by molar-refractivity contribution is 7.91. The SMILES string of the molecule is COc1ccc(CN=S(=O)(NC2CCN(C(=O)O)C2)c2ccc(OC(F)(F)F)cc2)cc1OC. The summed E-state index contributed by atoms with van der Waals surface area (Å²) in [4.78, 5) is 12.6. The number of methoxy groups -OCH3 is 2. The fourth-order valence-corrected chi connectivity index (χ4v) is 5.25. The summed E-state index contributed by atoms with van der Waals surface area (Å²) >= 11 is 0. The number of alkyl halides is 3. The molecule has 1 amide bonds. The molecule has 2 aromatic carbocycles. The van der Waals surface area contributed by atoms with E-state index >= 15 is 0 Å². The first-order valence-electron chi connectivity index (χ1n) is 10.1. The highest BCUT2D eigenvalue weighted by Gasteiger charge is 2.32. The van der Waals surface area contributed by atoms with Gasteiger partial charge < -0.3 is 24.2 Å². The minimum Gasteiger partial charge on any atom is -0.493 e. The van der Waals surface area contributed by atoms with E-state index in [1.165, 1.54) is 31.3 Å². The van der Waals surface area contributed by atoms with E-state index in [-0.39, 0.29) is 24.5 Å². The van der Waals surface area contributed by atoms with Gasteiger partial charge in [0, 0.05) is 19.1 Å². The molecule has 0 bridgehead atoms. The summed E-state index contributed by atoms with van der Waals surface area (Å²) in [6, 6.07) is 9.17. The van der Waals surface area contributed by atoms with Crippen molar-refractivity contribution in [1.29, 1.82) is 0 Å². The number of ether oxygens (including phenoxy) is 3. The second kappa shape index (κ2) is 10.4. The lowest BCUT2D eigenvalue weighted by molar-refractivity contribution is -0.274. The van der Waals surface area contributed by atoms with Crippen LogP contribution in [-0.4, -0.2) is 60.0 Å². The zero-order valence-corrected chi connectivity index (χ0v) is 19.2. The van der Waals surface area contributed by atoms with E-state index in [2.05, 4.69) is 13.8 Å². The number of hydrogen-bond acceptors (Lipinski definition) is 6. The summed E-state index contributed by atoms with van der Waals surface area (Å²) in [5.41, 5.74) is 0.655. The number of carboxylic acid groups (broad SMARTS) is 1. The standard InChI is InChI=1S/C21H24F3N3O6S/c1-31-18-8-3-14(11-19(18)32-2)12-25-34(30,26-15-9-10-27(13-15)20(28)29)17-6-4-16(5-7-17)33-21(22,23)24/h3-8,11,15H,9-10,12-13H2,1-2H3,(H,28,29)(H,25,26,30). The van der Waals surface area contributed by atoms with Gasteiger partial charge in [0.05, 0.1) is 25.7 Å². The van der Waals surface area contributed by atoms with Crippen LogP contribution in [0.4, 0.5) is 18.0 Å². The van der Waals surface area contributed by atoms with Crippen LogP contribution in [0.1, 0.15) is 12.0 Å². The largest absolute Gasteiger partial charge is 0.573 e. The van der Waals surface area contributed by atoms with Gasteiger partial charge in [0.25, 0.3) is 0 Å². The molecular weight excluding hydrogens is 479 g/mol. The van der Waals surface area contributed by atoms with Gasteiger partial charge in [-0.2, -0.15) is 0 Å². The molecule has 34 heavy (non-hydrogen) atoms. The van der Waals surface area contributed by atoms with Crippen molar-refractivity contribution >= 4 is 16.0 Å². The molecule has 3 rings (SSSR count). The molecule has 13 heteroatoms. The van der Waals surface area contributed by atoms with Gasteiger partial charge in [-0.3, -0.25) is 0 Å². The minimum atomic E-state index is -4.86. The Labute approximate surface area is 194 Å².